The summed E-state index contributed by atoms with van der Waals surface area (Å²) in [5, 5.41) is 3.94. The third-order valence-corrected chi connectivity index (χ3v) is 4.24. The molecule has 1 unspecified atom stereocenters. The molecule has 1 fully saturated rings. The Morgan fingerprint density at radius 3 is 2.80 bits per heavy atom. The molecule has 0 aliphatic heterocycles. The van der Waals surface area contributed by atoms with Crippen molar-refractivity contribution < 1.29 is 4.21 Å². The molecule has 1 aliphatic carbocycles. The van der Waals surface area contributed by atoms with E-state index in [1.165, 1.54) is 12.8 Å². The van der Waals surface area contributed by atoms with Gasteiger partial charge in [0.25, 0.3) is 0 Å². The zero-order valence-corrected chi connectivity index (χ0v) is 9.98. The van der Waals surface area contributed by atoms with E-state index in [4.69, 9.17) is 11.6 Å². The van der Waals surface area contributed by atoms with Crippen LogP contribution in [-0.4, -0.2) is 22.5 Å². The highest BCUT2D eigenvalue weighted by molar-refractivity contribution is 7.85. The Hall–Kier alpha value is -0.380. The minimum absolute atomic E-state index is 0.599. The monoisotopic (exact) mass is 243 g/mol. The number of hydrogen-bond acceptors (Lipinski definition) is 2. The molecule has 1 aliphatic rings. The largest absolute Gasteiger partial charge is 0.313 e. The quantitative estimate of drug-likeness (QED) is 0.859. The molecular weight excluding hydrogens is 230 g/mol. The maximum Gasteiger partial charge on any atom is 0.0574 e. The molecule has 0 heterocycles. The van der Waals surface area contributed by atoms with E-state index in [0.29, 0.717) is 16.8 Å². The number of nitrogens with one attached hydrogen (secondary N) is 1. The van der Waals surface area contributed by atoms with Gasteiger partial charge >= 0.3 is 0 Å². The standard InChI is InChI=1S/C11H14ClNOS/c12-10-3-1-2-4-11(10)15(14)8-7-13-9-5-6-9/h1-4,9,13H,5-8H2. The molecule has 1 aromatic carbocycles. The van der Waals surface area contributed by atoms with Crippen LogP contribution in [0.2, 0.25) is 5.02 Å². The average molecular weight is 244 g/mol. The summed E-state index contributed by atoms with van der Waals surface area (Å²) >= 11 is 5.96. The Kier molecular flexibility index (Phi) is 3.78. The van der Waals surface area contributed by atoms with Crippen LogP contribution in [0, 0.1) is 0 Å². The van der Waals surface area contributed by atoms with Crippen molar-refractivity contribution in [3.63, 3.8) is 0 Å². The molecule has 4 heteroatoms. The van der Waals surface area contributed by atoms with Gasteiger partial charge in [-0.1, -0.05) is 23.7 Å². The molecule has 0 bridgehead atoms. The lowest BCUT2D eigenvalue weighted by molar-refractivity contribution is 0.672. The Bertz CT molecular complexity index is 365. The average Bonchev–Trinajstić information content (AvgIpc) is 3.02. The van der Waals surface area contributed by atoms with Crippen LogP contribution < -0.4 is 5.32 Å². The molecule has 0 aromatic heterocycles. The molecule has 1 saturated carbocycles. The summed E-state index contributed by atoms with van der Waals surface area (Å²) in [6, 6.07) is 8.01. The van der Waals surface area contributed by atoms with E-state index < -0.39 is 10.8 Å². The van der Waals surface area contributed by atoms with Crippen molar-refractivity contribution in [2.24, 2.45) is 0 Å². The van der Waals surface area contributed by atoms with Gasteiger partial charge in [0, 0.05) is 18.3 Å². The smallest absolute Gasteiger partial charge is 0.0574 e. The van der Waals surface area contributed by atoms with Crippen LogP contribution in [0.25, 0.3) is 0 Å². The molecular formula is C11H14ClNOS. The summed E-state index contributed by atoms with van der Waals surface area (Å²) in [4.78, 5) is 0.747. The lowest BCUT2D eigenvalue weighted by Crippen LogP contribution is -2.22. The van der Waals surface area contributed by atoms with E-state index >= 15 is 0 Å². The van der Waals surface area contributed by atoms with Crippen molar-refractivity contribution in [3.8, 4) is 0 Å². The Balaban J connectivity index is 1.86. The van der Waals surface area contributed by atoms with E-state index in [1.807, 2.05) is 18.2 Å². The first kappa shape index (κ1) is 11.1. The number of rotatable bonds is 5. The van der Waals surface area contributed by atoms with Crippen LogP contribution in [-0.2, 0) is 10.8 Å². The predicted octanol–water partition coefficient (Wildman–Crippen LogP) is 2.20. The van der Waals surface area contributed by atoms with Gasteiger partial charge in [-0.3, -0.25) is 4.21 Å². The minimum atomic E-state index is -0.978. The molecule has 1 atom stereocenters. The van der Waals surface area contributed by atoms with Gasteiger partial charge in [0.1, 0.15) is 0 Å². The van der Waals surface area contributed by atoms with Crippen LogP contribution >= 0.6 is 11.6 Å². The molecule has 15 heavy (non-hydrogen) atoms. The van der Waals surface area contributed by atoms with Crippen molar-refractivity contribution >= 4 is 22.4 Å². The zero-order valence-electron chi connectivity index (χ0n) is 8.41. The summed E-state index contributed by atoms with van der Waals surface area (Å²) in [5.74, 6) is 0.639. The predicted molar refractivity (Wildman–Crippen MR) is 63.8 cm³/mol. The van der Waals surface area contributed by atoms with Gasteiger partial charge in [-0.05, 0) is 25.0 Å². The first-order chi connectivity index (χ1) is 7.27. The molecule has 0 saturated heterocycles. The van der Waals surface area contributed by atoms with Crippen molar-refractivity contribution in [2.45, 2.75) is 23.8 Å². The Morgan fingerprint density at radius 1 is 1.40 bits per heavy atom. The van der Waals surface area contributed by atoms with Crippen LogP contribution in [0.15, 0.2) is 29.2 Å². The van der Waals surface area contributed by atoms with Gasteiger partial charge in [0.2, 0.25) is 0 Å². The molecule has 2 nitrogen and oxygen atoms in total. The van der Waals surface area contributed by atoms with Gasteiger partial charge in [-0.2, -0.15) is 0 Å². The fourth-order valence-corrected chi connectivity index (χ4v) is 2.82. The molecule has 1 aromatic rings. The molecule has 0 amide bonds. The van der Waals surface area contributed by atoms with Crippen LogP contribution in [0.5, 0.6) is 0 Å². The fourth-order valence-electron chi connectivity index (χ4n) is 1.38. The second kappa shape index (κ2) is 5.10. The van der Waals surface area contributed by atoms with Crippen molar-refractivity contribution in [1.29, 1.82) is 0 Å². The van der Waals surface area contributed by atoms with E-state index in [2.05, 4.69) is 5.32 Å². The van der Waals surface area contributed by atoms with Crippen molar-refractivity contribution in [1.82, 2.24) is 5.32 Å². The molecule has 2 rings (SSSR count). The fraction of sp³-hybridized carbons (Fsp3) is 0.455. The third kappa shape index (κ3) is 3.30. The lowest BCUT2D eigenvalue weighted by atomic mass is 10.4. The van der Waals surface area contributed by atoms with Gasteiger partial charge in [0.15, 0.2) is 0 Å². The summed E-state index contributed by atoms with van der Waals surface area (Å²) in [7, 11) is -0.978. The third-order valence-electron chi connectivity index (χ3n) is 2.38. The maximum atomic E-state index is 11.9. The normalized spacial score (nSPS) is 17.7. The highest BCUT2D eigenvalue weighted by Gasteiger charge is 2.20. The summed E-state index contributed by atoms with van der Waals surface area (Å²) in [5.41, 5.74) is 0. The van der Waals surface area contributed by atoms with Gasteiger partial charge in [0.05, 0.1) is 20.7 Å². The van der Waals surface area contributed by atoms with E-state index in [9.17, 15) is 4.21 Å². The summed E-state index contributed by atoms with van der Waals surface area (Å²) < 4.78 is 11.9. The second-order valence-corrected chi connectivity index (χ2v) is 5.65. The number of halogens is 1. The Labute approximate surface area is 97.5 Å². The molecule has 82 valence electrons. The first-order valence-corrected chi connectivity index (χ1v) is 6.83. The highest BCUT2D eigenvalue weighted by Crippen LogP contribution is 2.20. The number of benzene rings is 1. The minimum Gasteiger partial charge on any atom is -0.313 e. The number of hydrogen-bond donors (Lipinski definition) is 1. The van der Waals surface area contributed by atoms with Gasteiger partial charge in [-0.25, -0.2) is 0 Å². The maximum absolute atomic E-state index is 11.9. The SMILES string of the molecule is O=S(CCNC1CC1)c1ccccc1Cl. The van der Waals surface area contributed by atoms with Crippen LogP contribution in [0.4, 0.5) is 0 Å². The van der Waals surface area contributed by atoms with Crippen molar-refractivity contribution in [3.05, 3.63) is 29.3 Å². The van der Waals surface area contributed by atoms with E-state index in [-0.39, 0.29) is 0 Å². The van der Waals surface area contributed by atoms with Crippen LogP contribution in [0.1, 0.15) is 12.8 Å². The zero-order chi connectivity index (χ0) is 10.7. The van der Waals surface area contributed by atoms with Crippen molar-refractivity contribution in [2.75, 3.05) is 12.3 Å². The second-order valence-electron chi connectivity index (χ2n) is 3.71. The summed E-state index contributed by atoms with van der Waals surface area (Å²) in [6.45, 7) is 0.808. The first-order valence-electron chi connectivity index (χ1n) is 5.13. The van der Waals surface area contributed by atoms with Gasteiger partial charge < -0.3 is 5.32 Å². The Morgan fingerprint density at radius 2 is 2.13 bits per heavy atom. The molecule has 1 N–H and O–H groups in total. The highest BCUT2D eigenvalue weighted by atomic mass is 35.5. The molecule has 0 spiro atoms. The molecule has 0 radical (unpaired) electrons. The topological polar surface area (TPSA) is 29.1 Å². The van der Waals surface area contributed by atoms with E-state index in [1.54, 1.807) is 6.07 Å². The van der Waals surface area contributed by atoms with E-state index in [0.717, 1.165) is 11.4 Å². The van der Waals surface area contributed by atoms with Gasteiger partial charge in [-0.15, -0.1) is 0 Å². The van der Waals surface area contributed by atoms with Crippen LogP contribution in [0.3, 0.4) is 0 Å². The summed E-state index contributed by atoms with van der Waals surface area (Å²) in [6.07, 6.45) is 2.53. The lowest BCUT2D eigenvalue weighted by Gasteiger charge is -2.04.